The summed E-state index contributed by atoms with van der Waals surface area (Å²) in [6, 6.07) is 9.25. The standard InChI is InChI=1S/C14H17NO3/c1-3-7-13(11-17-2)15-14(16)18-10-12-8-5-4-6-9-12/h1,4-6,8-9,13H,7,10-11H2,2H3,(H,15,16). The van der Waals surface area contributed by atoms with Crippen LogP contribution in [-0.2, 0) is 16.1 Å². The second-order valence-corrected chi connectivity index (χ2v) is 3.77. The molecule has 0 bridgehead atoms. The molecule has 1 aromatic rings. The van der Waals surface area contributed by atoms with Gasteiger partial charge in [-0.25, -0.2) is 4.79 Å². The Kier molecular flexibility index (Phi) is 6.37. The first-order valence-electron chi connectivity index (χ1n) is 5.66. The Labute approximate surface area is 107 Å². The van der Waals surface area contributed by atoms with Crippen LogP contribution in [0.25, 0.3) is 0 Å². The molecule has 0 aromatic heterocycles. The van der Waals surface area contributed by atoms with E-state index in [0.717, 1.165) is 5.56 Å². The number of terminal acetylenes is 1. The van der Waals surface area contributed by atoms with Gasteiger partial charge in [-0.15, -0.1) is 12.3 Å². The zero-order chi connectivity index (χ0) is 13.2. The minimum absolute atomic E-state index is 0.219. The van der Waals surface area contributed by atoms with Crippen molar-refractivity contribution in [2.45, 2.75) is 19.1 Å². The number of hydrogen-bond donors (Lipinski definition) is 1. The summed E-state index contributed by atoms with van der Waals surface area (Å²) in [6.45, 7) is 0.604. The van der Waals surface area contributed by atoms with Crippen LogP contribution in [0.5, 0.6) is 0 Å². The van der Waals surface area contributed by atoms with E-state index < -0.39 is 6.09 Å². The molecule has 4 heteroatoms. The van der Waals surface area contributed by atoms with Crippen LogP contribution in [0.1, 0.15) is 12.0 Å². The predicted molar refractivity (Wildman–Crippen MR) is 68.9 cm³/mol. The summed E-state index contributed by atoms with van der Waals surface area (Å²) in [5.74, 6) is 2.48. The van der Waals surface area contributed by atoms with Crippen molar-refractivity contribution in [2.24, 2.45) is 0 Å². The van der Waals surface area contributed by atoms with Crippen molar-refractivity contribution < 1.29 is 14.3 Å². The Hall–Kier alpha value is -1.99. The number of nitrogens with one attached hydrogen (secondary N) is 1. The fourth-order valence-corrected chi connectivity index (χ4v) is 1.43. The van der Waals surface area contributed by atoms with Gasteiger partial charge < -0.3 is 14.8 Å². The minimum atomic E-state index is -0.490. The Bertz CT molecular complexity index is 397. The SMILES string of the molecule is C#CCC(COC)NC(=O)OCc1ccccc1. The average molecular weight is 247 g/mol. The summed E-state index contributed by atoms with van der Waals surface area (Å²) in [6.07, 6.45) is 5.12. The van der Waals surface area contributed by atoms with Gasteiger partial charge in [-0.05, 0) is 5.56 Å². The molecule has 0 aliphatic heterocycles. The molecule has 1 rings (SSSR count). The summed E-state index contributed by atoms with van der Waals surface area (Å²) >= 11 is 0. The van der Waals surface area contributed by atoms with E-state index in [1.165, 1.54) is 0 Å². The summed E-state index contributed by atoms with van der Waals surface area (Å²) < 4.78 is 10.0. The highest BCUT2D eigenvalue weighted by Crippen LogP contribution is 2.01. The quantitative estimate of drug-likeness (QED) is 0.782. The van der Waals surface area contributed by atoms with Crippen LogP contribution in [0.4, 0.5) is 4.79 Å². The van der Waals surface area contributed by atoms with Crippen LogP contribution in [0.3, 0.4) is 0 Å². The monoisotopic (exact) mass is 247 g/mol. The molecule has 0 aliphatic rings. The molecule has 0 spiro atoms. The van der Waals surface area contributed by atoms with E-state index in [9.17, 15) is 4.79 Å². The van der Waals surface area contributed by atoms with Crippen molar-refractivity contribution in [3.05, 3.63) is 35.9 Å². The summed E-state index contributed by atoms with van der Waals surface area (Å²) in [7, 11) is 1.56. The Morgan fingerprint density at radius 2 is 2.17 bits per heavy atom. The first kappa shape index (κ1) is 14.1. The van der Waals surface area contributed by atoms with Gasteiger partial charge in [0.25, 0.3) is 0 Å². The third-order valence-electron chi connectivity index (χ3n) is 2.27. The molecule has 1 N–H and O–H groups in total. The van der Waals surface area contributed by atoms with Crippen LogP contribution >= 0.6 is 0 Å². The molecule has 0 fully saturated rings. The molecular formula is C14H17NO3. The molecular weight excluding hydrogens is 230 g/mol. The van der Waals surface area contributed by atoms with Crippen molar-refractivity contribution in [1.29, 1.82) is 0 Å². The van der Waals surface area contributed by atoms with Gasteiger partial charge in [0.1, 0.15) is 6.61 Å². The largest absolute Gasteiger partial charge is 0.445 e. The lowest BCUT2D eigenvalue weighted by molar-refractivity contribution is 0.121. The van der Waals surface area contributed by atoms with Gasteiger partial charge in [0.15, 0.2) is 0 Å². The molecule has 0 saturated carbocycles. The molecule has 1 aromatic carbocycles. The number of benzene rings is 1. The third kappa shape index (κ3) is 5.37. The highest BCUT2D eigenvalue weighted by Gasteiger charge is 2.11. The van der Waals surface area contributed by atoms with E-state index in [0.29, 0.717) is 13.0 Å². The van der Waals surface area contributed by atoms with Crippen molar-refractivity contribution in [3.63, 3.8) is 0 Å². The topological polar surface area (TPSA) is 47.6 Å². The molecule has 1 atom stereocenters. The summed E-state index contributed by atoms with van der Waals surface area (Å²) in [5, 5.41) is 2.66. The summed E-state index contributed by atoms with van der Waals surface area (Å²) in [4.78, 5) is 11.5. The first-order chi connectivity index (χ1) is 8.76. The van der Waals surface area contributed by atoms with E-state index >= 15 is 0 Å². The number of rotatable bonds is 6. The maximum Gasteiger partial charge on any atom is 0.407 e. The minimum Gasteiger partial charge on any atom is -0.445 e. The van der Waals surface area contributed by atoms with Gasteiger partial charge in [0, 0.05) is 13.5 Å². The Balaban J connectivity index is 2.34. The van der Waals surface area contributed by atoms with Crippen molar-refractivity contribution in [3.8, 4) is 12.3 Å². The maximum absolute atomic E-state index is 11.5. The van der Waals surface area contributed by atoms with Crippen molar-refractivity contribution in [1.82, 2.24) is 5.32 Å². The fourth-order valence-electron chi connectivity index (χ4n) is 1.43. The van der Waals surface area contributed by atoms with Crippen LogP contribution in [0, 0.1) is 12.3 Å². The van der Waals surface area contributed by atoms with Crippen LogP contribution < -0.4 is 5.32 Å². The van der Waals surface area contributed by atoms with E-state index in [1.807, 2.05) is 30.3 Å². The molecule has 0 heterocycles. The Morgan fingerprint density at radius 3 is 2.78 bits per heavy atom. The van der Waals surface area contributed by atoms with Gasteiger partial charge in [-0.2, -0.15) is 0 Å². The highest BCUT2D eigenvalue weighted by molar-refractivity contribution is 5.67. The van der Waals surface area contributed by atoms with Crippen molar-refractivity contribution >= 4 is 6.09 Å². The van der Waals surface area contributed by atoms with Gasteiger partial charge in [0.05, 0.1) is 12.6 Å². The zero-order valence-corrected chi connectivity index (χ0v) is 10.4. The van der Waals surface area contributed by atoms with Gasteiger partial charge in [-0.3, -0.25) is 0 Å². The van der Waals surface area contributed by atoms with E-state index in [2.05, 4.69) is 11.2 Å². The smallest absolute Gasteiger partial charge is 0.407 e. The van der Waals surface area contributed by atoms with E-state index in [4.69, 9.17) is 15.9 Å². The van der Waals surface area contributed by atoms with Crippen molar-refractivity contribution in [2.75, 3.05) is 13.7 Å². The molecule has 0 saturated heterocycles. The van der Waals surface area contributed by atoms with Crippen LogP contribution in [0.2, 0.25) is 0 Å². The molecule has 0 aliphatic carbocycles. The van der Waals surface area contributed by atoms with Crippen LogP contribution in [0.15, 0.2) is 30.3 Å². The summed E-state index contributed by atoms with van der Waals surface area (Å²) in [5.41, 5.74) is 0.938. The molecule has 96 valence electrons. The van der Waals surface area contributed by atoms with Gasteiger partial charge >= 0.3 is 6.09 Å². The molecule has 4 nitrogen and oxygen atoms in total. The number of amides is 1. The number of carbonyl (C=O) groups is 1. The number of carbonyl (C=O) groups excluding carboxylic acids is 1. The molecule has 1 unspecified atom stereocenters. The second kappa shape index (κ2) is 8.15. The fraction of sp³-hybridized carbons (Fsp3) is 0.357. The number of methoxy groups -OCH3 is 1. The Morgan fingerprint density at radius 1 is 1.44 bits per heavy atom. The lowest BCUT2D eigenvalue weighted by atomic mass is 10.2. The normalized spacial score (nSPS) is 11.3. The van der Waals surface area contributed by atoms with Gasteiger partial charge in [-0.1, -0.05) is 30.3 Å². The third-order valence-corrected chi connectivity index (χ3v) is 2.27. The van der Waals surface area contributed by atoms with E-state index in [-0.39, 0.29) is 12.6 Å². The molecule has 18 heavy (non-hydrogen) atoms. The maximum atomic E-state index is 11.5. The predicted octanol–water partition coefficient (Wildman–Crippen LogP) is 1.95. The van der Waals surface area contributed by atoms with Crippen LogP contribution in [-0.4, -0.2) is 25.9 Å². The second-order valence-electron chi connectivity index (χ2n) is 3.77. The lowest BCUT2D eigenvalue weighted by Gasteiger charge is -2.15. The average Bonchev–Trinajstić information content (AvgIpc) is 2.38. The highest BCUT2D eigenvalue weighted by atomic mass is 16.5. The number of hydrogen-bond acceptors (Lipinski definition) is 3. The molecule has 1 amide bonds. The number of ether oxygens (including phenoxy) is 2. The lowest BCUT2D eigenvalue weighted by Crippen LogP contribution is -2.38. The molecule has 0 radical (unpaired) electrons. The number of alkyl carbamates (subject to hydrolysis) is 1. The van der Waals surface area contributed by atoms with Gasteiger partial charge in [0.2, 0.25) is 0 Å². The first-order valence-corrected chi connectivity index (χ1v) is 5.66. The zero-order valence-electron chi connectivity index (χ0n) is 10.4. The van der Waals surface area contributed by atoms with E-state index in [1.54, 1.807) is 7.11 Å².